The van der Waals surface area contributed by atoms with E-state index in [0.29, 0.717) is 0 Å². The Labute approximate surface area is 101 Å². The molecule has 16 heavy (non-hydrogen) atoms. The fourth-order valence-corrected chi connectivity index (χ4v) is 2.81. The van der Waals surface area contributed by atoms with Crippen molar-refractivity contribution in [1.29, 1.82) is 0 Å². The molecule has 0 radical (unpaired) electrons. The first kappa shape index (κ1) is 11.8. The van der Waals surface area contributed by atoms with Gasteiger partial charge < -0.3 is 10.2 Å². The molecule has 4 nitrogen and oxygen atoms in total. The lowest BCUT2D eigenvalue weighted by atomic mass is 9.99. The number of hydrogen-bond donors (Lipinski definition) is 1. The van der Waals surface area contributed by atoms with Crippen molar-refractivity contribution in [3.8, 4) is 0 Å². The normalized spacial score (nSPS) is 21.0. The van der Waals surface area contributed by atoms with Crippen LogP contribution in [0.15, 0.2) is 0 Å². The first-order valence-electron chi connectivity index (χ1n) is 6.04. The molecule has 90 valence electrons. The third kappa shape index (κ3) is 2.92. The molecule has 1 saturated heterocycles. The molecule has 1 aromatic heterocycles. The number of rotatable bonds is 4. The summed E-state index contributed by atoms with van der Waals surface area (Å²) >= 11 is 1.52. The Morgan fingerprint density at radius 1 is 1.56 bits per heavy atom. The average Bonchev–Trinajstić information content (AvgIpc) is 2.79. The quantitative estimate of drug-likeness (QED) is 0.866. The van der Waals surface area contributed by atoms with Crippen LogP contribution >= 0.6 is 11.5 Å². The predicted molar refractivity (Wildman–Crippen MR) is 68.2 cm³/mol. The highest BCUT2D eigenvalue weighted by molar-refractivity contribution is 7.09. The number of anilines is 1. The summed E-state index contributed by atoms with van der Waals surface area (Å²) < 4.78 is 4.32. The molecule has 1 aliphatic heterocycles. The summed E-state index contributed by atoms with van der Waals surface area (Å²) in [7, 11) is 2.12. The summed E-state index contributed by atoms with van der Waals surface area (Å²) in [5.41, 5.74) is 0. The highest BCUT2D eigenvalue weighted by Crippen LogP contribution is 2.19. The first-order valence-corrected chi connectivity index (χ1v) is 6.81. The van der Waals surface area contributed by atoms with Gasteiger partial charge in [-0.1, -0.05) is 6.92 Å². The predicted octanol–water partition coefficient (Wildman–Crippen LogP) is 1.54. The van der Waals surface area contributed by atoms with Gasteiger partial charge in [0, 0.05) is 31.5 Å². The van der Waals surface area contributed by atoms with Gasteiger partial charge in [0.1, 0.15) is 5.82 Å². The summed E-state index contributed by atoms with van der Waals surface area (Å²) in [5.74, 6) is 1.72. The van der Waals surface area contributed by atoms with Crippen molar-refractivity contribution in [2.24, 2.45) is 5.92 Å². The number of aryl methyl sites for hydroxylation is 1. The van der Waals surface area contributed by atoms with E-state index < -0.39 is 0 Å². The second-order valence-corrected chi connectivity index (χ2v) is 5.17. The van der Waals surface area contributed by atoms with Gasteiger partial charge in [0.25, 0.3) is 0 Å². The molecule has 1 aliphatic rings. The van der Waals surface area contributed by atoms with E-state index in [4.69, 9.17) is 0 Å². The van der Waals surface area contributed by atoms with Crippen molar-refractivity contribution in [3.63, 3.8) is 0 Å². The van der Waals surface area contributed by atoms with Crippen molar-refractivity contribution in [2.45, 2.75) is 26.2 Å². The monoisotopic (exact) mass is 240 g/mol. The number of hydrogen-bond acceptors (Lipinski definition) is 5. The SMILES string of the molecule is CCc1nsc(N(C)CC2CCCNC2)n1. The fourth-order valence-electron chi connectivity index (χ4n) is 2.09. The van der Waals surface area contributed by atoms with E-state index in [0.717, 1.165) is 36.4 Å². The minimum atomic E-state index is 0.757. The standard InChI is InChI=1S/C11H20N4S/c1-3-10-13-11(16-14-10)15(2)8-9-5-4-6-12-7-9/h9,12H,3-8H2,1-2H3. The van der Waals surface area contributed by atoms with Gasteiger partial charge in [0.15, 0.2) is 0 Å². The molecule has 5 heteroatoms. The smallest absolute Gasteiger partial charge is 0.204 e. The molecule has 1 unspecified atom stereocenters. The third-order valence-corrected chi connectivity index (χ3v) is 3.90. The van der Waals surface area contributed by atoms with E-state index in [1.807, 2.05) is 0 Å². The zero-order valence-electron chi connectivity index (χ0n) is 10.1. The van der Waals surface area contributed by atoms with E-state index in [9.17, 15) is 0 Å². The first-order chi connectivity index (χ1) is 7.79. The summed E-state index contributed by atoms with van der Waals surface area (Å²) in [6.07, 6.45) is 3.56. The van der Waals surface area contributed by atoms with Crippen molar-refractivity contribution < 1.29 is 0 Å². The highest BCUT2D eigenvalue weighted by Gasteiger charge is 2.16. The van der Waals surface area contributed by atoms with E-state index in [1.165, 1.54) is 30.9 Å². The zero-order valence-corrected chi connectivity index (χ0v) is 10.9. The van der Waals surface area contributed by atoms with E-state index in [-0.39, 0.29) is 0 Å². The molecule has 1 aromatic rings. The van der Waals surface area contributed by atoms with Gasteiger partial charge in [-0.05, 0) is 31.8 Å². The number of aromatic nitrogens is 2. The summed E-state index contributed by atoms with van der Waals surface area (Å²) in [5, 5.41) is 4.51. The van der Waals surface area contributed by atoms with Crippen LogP contribution in [0.5, 0.6) is 0 Å². The lowest BCUT2D eigenvalue weighted by Gasteiger charge is -2.27. The highest BCUT2D eigenvalue weighted by atomic mass is 32.1. The minimum absolute atomic E-state index is 0.757. The second-order valence-electron chi connectivity index (χ2n) is 4.44. The van der Waals surface area contributed by atoms with Gasteiger partial charge >= 0.3 is 0 Å². The maximum atomic E-state index is 4.51. The lowest BCUT2D eigenvalue weighted by molar-refractivity contribution is 0.381. The Morgan fingerprint density at radius 3 is 3.06 bits per heavy atom. The van der Waals surface area contributed by atoms with Gasteiger partial charge in [0.05, 0.1) is 0 Å². The molecule has 1 N–H and O–H groups in total. The average molecular weight is 240 g/mol. The minimum Gasteiger partial charge on any atom is -0.350 e. The number of nitrogens with one attached hydrogen (secondary N) is 1. The van der Waals surface area contributed by atoms with Crippen molar-refractivity contribution >= 4 is 16.7 Å². The largest absolute Gasteiger partial charge is 0.350 e. The van der Waals surface area contributed by atoms with Crippen LogP contribution in [0.1, 0.15) is 25.6 Å². The van der Waals surface area contributed by atoms with Gasteiger partial charge in [-0.3, -0.25) is 0 Å². The molecular weight excluding hydrogens is 220 g/mol. The van der Waals surface area contributed by atoms with E-state index in [1.54, 1.807) is 0 Å². The van der Waals surface area contributed by atoms with Crippen LogP contribution in [0.2, 0.25) is 0 Å². The molecule has 2 heterocycles. The Bertz CT molecular complexity index is 320. The zero-order chi connectivity index (χ0) is 11.4. The summed E-state index contributed by atoms with van der Waals surface area (Å²) in [6.45, 7) is 5.50. The molecule has 1 atom stereocenters. The van der Waals surface area contributed by atoms with Gasteiger partial charge in [-0.25, -0.2) is 4.98 Å². The molecule has 2 rings (SSSR count). The second kappa shape index (κ2) is 5.59. The van der Waals surface area contributed by atoms with Crippen LogP contribution in [-0.4, -0.2) is 36.0 Å². The topological polar surface area (TPSA) is 41.1 Å². The van der Waals surface area contributed by atoms with Gasteiger partial charge in [-0.15, -0.1) is 0 Å². The maximum absolute atomic E-state index is 4.51. The van der Waals surface area contributed by atoms with Crippen LogP contribution in [0.4, 0.5) is 5.13 Å². The molecule has 0 amide bonds. The molecule has 0 aliphatic carbocycles. The molecule has 1 fully saturated rings. The maximum Gasteiger partial charge on any atom is 0.204 e. The molecule has 0 aromatic carbocycles. The molecule has 0 saturated carbocycles. The van der Waals surface area contributed by atoms with Crippen LogP contribution in [0.3, 0.4) is 0 Å². The Kier molecular flexibility index (Phi) is 4.12. The molecule has 0 spiro atoms. The third-order valence-electron chi connectivity index (χ3n) is 3.03. The van der Waals surface area contributed by atoms with E-state index >= 15 is 0 Å². The Morgan fingerprint density at radius 2 is 2.44 bits per heavy atom. The van der Waals surface area contributed by atoms with Crippen molar-refractivity contribution in [3.05, 3.63) is 5.82 Å². The van der Waals surface area contributed by atoms with E-state index in [2.05, 4.69) is 33.5 Å². The van der Waals surface area contributed by atoms with Crippen LogP contribution in [0.25, 0.3) is 0 Å². The van der Waals surface area contributed by atoms with Crippen LogP contribution in [0, 0.1) is 5.92 Å². The fraction of sp³-hybridized carbons (Fsp3) is 0.818. The van der Waals surface area contributed by atoms with Crippen LogP contribution < -0.4 is 10.2 Å². The summed E-state index contributed by atoms with van der Waals surface area (Å²) in [6, 6.07) is 0. The van der Waals surface area contributed by atoms with Crippen molar-refractivity contribution in [2.75, 3.05) is 31.6 Å². The summed E-state index contributed by atoms with van der Waals surface area (Å²) in [4.78, 5) is 6.75. The number of piperidine rings is 1. The van der Waals surface area contributed by atoms with Crippen molar-refractivity contribution in [1.82, 2.24) is 14.7 Å². The molecular formula is C11H20N4S. The van der Waals surface area contributed by atoms with Crippen LogP contribution in [-0.2, 0) is 6.42 Å². The number of nitrogens with zero attached hydrogens (tertiary/aromatic N) is 3. The van der Waals surface area contributed by atoms with Gasteiger partial charge in [0.2, 0.25) is 5.13 Å². The lowest BCUT2D eigenvalue weighted by Crippen LogP contribution is -2.36. The molecule has 0 bridgehead atoms. The van der Waals surface area contributed by atoms with Gasteiger partial charge in [-0.2, -0.15) is 4.37 Å². The Balaban J connectivity index is 1.88. The Hall–Kier alpha value is -0.680.